The van der Waals surface area contributed by atoms with E-state index in [9.17, 15) is 4.79 Å². The molecule has 0 saturated carbocycles. The van der Waals surface area contributed by atoms with E-state index >= 15 is 0 Å². The van der Waals surface area contributed by atoms with Gasteiger partial charge in [0.2, 0.25) is 0 Å². The second-order valence-electron chi connectivity index (χ2n) is 2.23. The Labute approximate surface area is 93.1 Å². The van der Waals surface area contributed by atoms with Gasteiger partial charge in [-0.2, -0.15) is 0 Å². The third-order valence-corrected chi connectivity index (χ3v) is 1.31. The van der Waals surface area contributed by atoms with Crippen LogP contribution in [0, 0.1) is 0 Å². The molecule has 0 fully saturated rings. The van der Waals surface area contributed by atoms with Gasteiger partial charge in [-0.1, -0.05) is 0 Å². The molecule has 0 saturated heterocycles. The average Bonchev–Trinajstić information content (AvgIpc) is 2.39. The first kappa shape index (κ1) is 11.6. The van der Waals surface area contributed by atoms with Crippen LogP contribution in [0.1, 0.15) is 7.12 Å². The zero-order chi connectivity index (χ0) is 8.27. The molecule has 0 aliphatic carbocycles. The van der Waals surface area contributed by atoms with Crippen molar-refractivity contribution >= 4 is 5.97 Å². The van der Waals surface area contributed by atoms with Crippen molar-refractivity contribution in [1.29, 1.82) is 0 Å². The van der Waals surface area contributed by atoms with E-state index in [1.165, 1.54) is 6.33 Å². The van der Waals surface area contributed by atoms with Crippen molar-refractivity contribution < 1.29 is 40.9 Å². The normalized spacial score (nSPS) is 11.8. The minimum absolute atomic E-state index is 0. The van der Waals surface area contributed by atoms with Crippen LogP contribution in [0.5, 0.6) is 0 Å². The Morgan fingerprint density at radius 2 is 2.58 bits per heavy atom. The van der Waals surface area contributed by atoms with Gasteiger partial charge in [0.15, 0.2) is 0 Å². The number of carboxylic acids is 1. The molecule has 0 bridgehead atoms. The van der Waals surface area contributed by atoms with E-state index in [1.54, 1.807) is 6.20 Å². The van der Waals surface area contributed by atoms with E-state index in [-0.39, 0.29) is 37.4 Å². The van der Waals surface area contributed by atoms with E-state index in [0.29, 0.717) is 0 Å². The van der Waals surface area contributed by atoms with Crippen LogP contribution in [-0.4, -0.2) is 27.1 Å². The van der Waals surface area contributed by atoms with E-state index in [0.717, 1.165) is 5.69 Å². The summed E-state index contributed by atoms with van der Waals surface area (Å²) in [5.74, 6) is -1.00. The van der Waals surface area contributed by atoms with Gasteiger partial charge in [0.05, 0.1) is 6.33 Å². The number of aromatic amines is 1. The van der Waals surface area contributed by atoms with Gasteiger partial charge in [-0.25, -0.2) is 4.98 Å². The monoisotopic (exact) mass is 179 g/mol. The molecule has 4 N–H and O–H groups in total. The first-order valence-electron chi connectivity index (χ1n) is 3.16. The van der Waals surface area contributed by atoms with Crippen LogP contribution in [-0.2, 0) is 11.2 Å². The summed E-state index contributed by atoms with van der Waals surface area (Å²) in [5, 5.41) is 8.42. The molecule has 1 aromatic heterocycles. The fourth-order valence-corrected chi connectivity index (χ4v) is 0.721. The second kappa shape index (κ2) is 5.31. The Morgan fingerprint density at radius 1 is 1.92 bits per heavy atom. The van der Waals surface area contributed by atoms with E-state index in [1.807, 2.05) is 0 Å². The number of aromatic nitrogens is 2. The summed E-state index contributed by atoms with van der Waals surface area (Å²) in [7, 11) is 0. The molecule has 0 aliphatic rings. The van der Waals surface area contributed by atoms with Gasteiger partial charge in [0.1, 0.15) is 6.04 Å². The molecule has 0 radical (unpaired) electrons. The first-order valence-corrected chi connectivity index (χ1v) is 3.16. The van der Waals surface area contributed by atoms with Crippen molar-refractivity contribution in [3.8, 4) is 0 Å². The standard InChI is InChI=1S/C6H9N3O2.Na.H/c7-5(6(10)11)1-4-2-8-3-9-4;;/h2-3,5H,1,7H2,(H,8,9)(H,10,11);;/q;+1;-1. The van der Waals surface area contributed by atoms with Gasteiger partial charge in [-0.15, -0.1) is 0 Å². The number of hydrogen-bond acceptors (Lipinski definition) is 3. The first-order chi connectivity index (χ1) is 5.20. The third kappa shape index (κ3) is 3.36. The van der Waals surface area contributed by atoms with Crippen LogP contribution in [0.2, 0.25) is 0 Å². The van der Waals surface area contributed by atoms with Crippen molar-refractivity contribution in [2.75, 3.05) is 0 Å². The zero-order valence-corrected chi connectivity index (χ0v) is 8.82. The molecule has 1 heterocycles. The Hall–Kier alpha value is -0.360. The number of rotatable bonds is 3. The van der Waals surface area contributed by atoms with E-state index in [2.05, 4.69) is 9.97 Å². The summed E-state index contributed by atoms with van der Waals surface area (Å²) in [6.07, 6.45) is 3.34. The maximum Gasteiger partial charge on any atom is 1.00 e. The summed E-state index contributed by atoms with van der Waals surface area (Å²) in [4.78, 5) is 16.8. The number of carbonyl (C=O) groups is 1. The SMILES string of the molecule is NC(Cc1cnc[nH]1)C(=O)O.[H-].[Na+]. The van der Waals surface area contributed by atoms with Crippen LogP contribution in [0.3, 0.4) is 0 Å². The predicted molar refractivity (Wildman–Crippen MR) is 39.0 cm³/mol. The van der Waals surface area contributed by atoms with Crippen molar-refractivity contribution in [2.45, 2.75) is 12.5 Å². The Bertz CT molecular complexity index is 242. The number of nitrogens with one attached hydrogen (secondary N) is 1. The number of carboxylic acid groups (broad SMARTS) is 1. The van der Waals surface area contributed by atoms with Gasteiger partial charge in [0, 0.05) is 18.3 Å². The molecular formula is C6H10N3NaO2. The second-order valence-corrected chi connectivity index (χ2v) is 2.23. The summed E-state index contributed by atoms with van der Waals surface area (Å²) < 4.78 is 0. The van der Waals surface area contributed by atoms with Gasteiger partial charge in [-0.05, 0) is 0 Å². The Morgan fingerprint density at radius 3 is 3.00 bits per heavy atom. The summed E-state index contributed by atoms with van der Waals surface area (Å²) in [5.41, 5.74) is 6.00. The van der Waals surface area contributed by atoms with E-state index < -0.39 is 12.0 Å². The van der Waals surface area contributed by atoms with E-state index in [4.69, 9.17) is 10.8 Å². The van der Waals surface area contributed by atoms with Crippen LogP contribution in [0.4, 0.5) is 0 Å². The predicted octanol–water partition coefficient (Wildman–Crippen LogP) is -3.52. The van der Waals surface area contributed by atoms with Crippen molar-refractivity contribution in [2.24, 2.45) is 5.73 Å². The smallest absolute Gasteiger partial charge is 1.00 e. The third-order valence-electron chi connectivity index (χ3n) is 1.31. The number of aliphatic carboxylic acids is 1. The quantitative estimate of drug-likeness (QED) is 0.419. The molecule has 1 unspecified atom stereocenters. The molecule has 12 heavy (non-hydrogen) atoms. The number of hydrogen-bond donors (Lipinski definition) is 3. The number of H-pyrrole nitrogens is 1. The maximum absolute atomic E-state index is 10.3. The maximum atomic E-state index is 10.3. The molecule has 1 atom stereocenters. The molecule has 0 aliphatic heterocycles. The van der Waals surface area contributed by atoms with Crippen molar-refractivity contribution in [3.05, 3.63) is 18.2 Å². The minimum Gasteiger partial charge on any atom is -1.00 e. The summed E-state index contributed by atoms with van der Waals surface area (Å²) >= 11 is 0. The van der Waals surface area contributed by atoms with Gasteiger partial charge < -0.3 is 17.3 Å². The molecule has 1 aromatic rings. The van der Waals surface area contributed by atoms with Crippen LogP contribution in [0.15, 0.2) is 12.5 Å². The molecule has 5 nitrogen and oxygen atoms in total. The minimum atomic E-state index is -1.00. The van der Waals surface area contributed by atoms with Gasteiger partial charge >= 0.3 is 35.5 Å². The number of nitrogens with zero attached hydrogens (tertiary/aromatic N) is 1. The molecule has 62 valence electrons. The molecule has 0 aromatic carbocycles. The van der Waals surface area contributed by atoms with Crippen molar-refractivity contribution in [1.82, 2.24) is 9.97 Å². The van der Waals surface area contributed by atoms with Crippen LogP contribution >= 0.6 is 0 Å². The van der Waals surface area contributed by atoms with Crippen LogP contribution in [0.25, 0.3) is 0 Å². The zero-order valence-electron chi connectivity index (χ0n) is 7.82. The Balaban J connectivity index is 0. The topological polar surface area (TPSA) is 92.0 Å². The fourth-order valence-electron chi connectivity index (χ4n) is 0.721. The van der Waals surface area contributed by atoms with Gasteiger partial charge in [-0.3, -0.25) is 4.79 Å². The molecule has 0 spiro atoms. The molecule has 1 rings (SSSR count). The van der Waals surface area contributed by atoms with Crippen LogP contribution < -0.4 is 35.3 Å². The number of imidazole rings is 1. The Kier molecular flexibility index (Phi) is 5.16. The molecule has 6 heteroatoms. The van der Waals surface area contributed by atoms with Crippen molar-refractivity contribution in [3.63, 3.8) is 0 Å². The van der Waals surface area contributed by atoms with Gasteiger partial charge in [0.25, 0.3) is 0 Å². The summed E-state index contributed by atoms with van der Waals surface area (Å²) in [6.45, 7) is 0. The number of nitrogens with two attached hydrogens (primary N) is 1. The fraction of sp³-hybridized carbons (Fsp3) is 0.333. The largest absolute Gasteiger partial charge is 1.00 e. The molecular weight excluding hydrogens is 169 g/mol. The molecule has 0 amide bonds. The average molecular weight is 179 g/mol. The summed E-state index contributed by atoms with van der Waals surface area (Å²) in [6, 6.07) is -0.851.